The second-order valence-electron chi connectivity index (χ2n) is 13.9. The highest BCUT2D eigenvalue weighted by Crippen LogP contribution is 2.45. The molecule has 0 unspecified atom stereocenters. The van der Waals surface area contributed by atoms with Gasteiger partial charge in [0.25, 0.3) is 0 Å². The van der Waals surface area contributed by atoms with Crippen LogP contribution in [0.25, 0.3) is 0 Å². The maximum Gasteiger partial charge on any atom is 0.407 e. The Morgan fingerprint density at radius 1 is 1.12 bits per heavy atom. The van der Waals surface area contributed by atoms with Crippen LogP contribution in [0.3, 0.4) is 0 Å². The highest BCUT2D eigenvalue weighted by atomic mass is 28.3. The van der Waals surface area contributed by atoms with E-state index in [0.717, 1.165) is 25.3 Å². The van der Waals surface area contributed by atoms with Gasteiger partial charge in [0, 0.05) is 20.5 Å². The number of carboxylic acids is 1. The molecule has 236 valence electrons. The predicted molar refractivity (Wildman–Crippen MR) is 159 cm³/mol. The van der Waals surface area contributed by atoms with Crippen LogP contribution >= 0.6 is 0 Å². The number of hydrogen-bond acceptors (Lipinski definition) is 7. The van der Waals surface area contributed by atoms with E-state index in [1.807, 2.05) is 12.2 Å². The molecule has 0 aromatic rings. The summed E-state index contributed by atoms with van der Waals surface area (Å²) in [5.74, 6) is -2.56. The van der Waals surface area contributed by atoms with Crippen LogP contribution in [-0.4, -0.2) is 90.5 Å². The lowest BCUT2D eigenvalue weighted by molar-refractivity contribution is -0.145. The lowest BCUT2D eigenvalue weighted by Crippen LogP contribution is -2.56. The monoisotopic (exact) mass is 608 g/mol. The Morgan fingerprint density at radius 2 is 1.83 bits per heavy atom. The molecule has 12 nitrogen and oxygen atoms in total. The van der Waals surface area contributed by atoms with Crippen molar-refractivity contribution in [3.8, 4) is 0 Å². The van der Waals surface area contributed by atoms with Gasteiger partial charge in [0.15, 0.2) is 0 Å². The lowest BCUT2D eigenvalue weighted by Gasteiger charge is -2.29. The van der Waals surface area contributed by atoms with Crippen molar-refractivity contribution in [1.29, 1.82) is 0 Å². The summed E-state index contributed by atoms with van der Waals surface area (Å²) in [4.78, 5) is 66.3. The summed E-state index contributed by atoms with van der Waals surface area (Å²) in [5.41, 5.74) is -2.18. The molecule has 0 radical (unpaired) electrons. The Hall–Kier alpha value is -3.09. The molecule has 0 aromatic carbocycles. The fourth-order valence-electron chi connectivity index (χ4n) is 5.31. The molecule has 3 aliphatic rings. The first-order valence-electron chi connectivity index (χ1n) is 15.0. The maximum absolute atomic E-state index is 14.0. The molecule has 13 heteroatoms. The molecule has 1 saturated heterocycles. The minimum Gasteiger partial charge on any atom is -0.479 e. The molecular formula is C29H48N4O8Si. The first-order chi connectivity index (χ1) is 19.5. The van der Waals surface area contributed by atoms with Gasteiger partial charge < -0.3 is 35.4 Å². The maximum atomic E-state index is 14.0. The van der Waals surface area contributed by atoms with E-state index in [1.165, 1.54) is 4.90 Å². The number of aliphatic carboxylic acids is 1. The number of carbonyl (C=O) groups excluding carboxylic acids is 4. The average molecular weight is 609 g/mol. The van der Waals surface area contributed by atoms with E-state index in [2.05, 4.69) is 35.6 Å². The summed E-state index contributed by atoms with van der Waals surface area (Å²) < 4.78 is 10.8. The molecule has 4 N–H and O–H groups in total. The van der Waals surface area contributed by atoms with Gasteiger partial charge in [-0.3, -0.25) is 9.59 Å². The van der Waals surface area contributed by atoms with Gasteiger partial charge in [-0.2, -0.15) is 0 Å². The van der Waals surface area contributed by atoms with Gasteiger partial charge in [0.05, 0.1) is 12.6 Å². The zero-order chi connectivity index (χ0) is 31.3. The second-order valence-corrected chi connectivity index (χ2v) is 19.5. The number of amides is 4. The van der Waals surface area contributed by atoms with Gasteiger partial charge in [-0.05, 0) is 58.9 Å². The van der Waals surface area contributed by atoms with Crippen LogP contribution in [0.2, 0.25) is 25.7 Å². The van der Waals surface area contributed by atoms with Gasteiger partial charge >= 0.3 is 18.2 Å². The minimum absolute atomic E-state index is 0.00240. The summed E-state index contributed by atoms with van der Waals surface area (Å²) in [6.07, 6.45) is 6.15. The largest absolute Gasteiger partial charge is 0.479 e. The van der Waals surface area contributed by atoms with E-state index >= 15 is 0 Å². The molecular weight excluding hydrogens is 560 g/mol. The second kappa shape index (κ2) is 13.5. The molecule has 0 bridgehead atoms. The summed E-state index contributed by atoms with van der Waals surface area (Å²) >= 11 is 0. The highest BCUT2D eigenvalue weighted by molar-refractivity contribution is 6.76. The van der Waals surface area contributed by atoms with Gasteiger partial charge in [0.1, 0.15) is 23.2 Å². The van der Waals surface area contributed by atoms with Crippen molar-refractivity contribution in [2.75, 3.05) is 13.2 Å². The number of allylic oxidation sites excluding steroid dienone is 1. The van der Waals surface area contributed by atoms with Gasteiger partial charge in [0.2, 0.25) is 11.8 Å². The first kappa shape index (κ1) is 33.4. The molecule has 4 amide bonds. The third-order valence-electron chi connectivity index (χ3n) is 7.76. The number of rotatable bonds is 6. The topological polar surface area (TPSA) is 163 Å². The fraction of sp³-hybridized carbons (Fsp3) is 0.759. The highest BCUT2D eigenvalue weighted by Gasteiger charge is 2.61. The molecule has 0 spiro atoms. The minimum atomic E-state index is -1.44. The number of fused-ring (bicyclic) bond motifs is 2. The van der Waals surface area contributed by atoms with E-state index in [0.29, 0.717) is 12.8 Å². The first-order valence-corrected chi connectivity index (χ1v) is 18.7. The molecule has 2 heterocycles. The van der Waals surface area contributed by atoms with E-state index < -0.39 is 67.3 Å². The molecule has 1 aliphatic carbocycles. The van der Waals surface area contributed by atoms with Crippen molar-refractivity contribution in [3.63, 3.8) is 0 Å². The van der Waals surface area contributed by atoms with Crippen molar-refractivity contribution >= 4 is 38.0 Å². The third-order valence-corrected chi connectivity index (χ3v) is 9.46. The predicted octanol–water partition coefficient (Wildman–Crippen LogP) is 3.39. The summed E-state index contributed by atoms with van der Waals surface area (Å²) in [7, 11) is -1.44. The number of ether oxygens (including phenoxy) is 2. The Kier molecular flexibility index (Phi) is 10.7. The van der Waals surface area contributed by atoms with E-state index in [4.69, 9.17) is 9.47 Å². The van der Waals surface area contributed by atoms with Crippen molar-refractivity contribution in [2.45, 2.75) is 121 Å². The van der Waals surface area contributed by atoms with Crippen molar-refractivity contribution in [2.24, 2.45) is 5.92 Å². The van der Waals surface area contributed by atoms with E-state index in [1.54, 1.807) is 20.8 Å². The van der Waals surface area contributed by atoms with Crippen LogP contribution in [-0.2, 0) is 23.9 Å². The van der Waals surface area contributed by atoms with Crippen LogP contribution in [0.15, 0.2) is 12.2 Å². The average Bonchev–Trinajstić information content (AvgIpc) is 3.38. The standard InChI is InChI=1S/C29H48N4O8Si/c1-28(2,3)41-27(39)30-20-16-22-23(34)32-29(25(36)37)17-19(29)12-10-8-7-9-11-13-21(24(35)33(22)18-20)31-26(38)40-14-15-42(4,5)6/h10,12,19-22H,7-9,11,13-18H2,1-6H3,(H,30,39)(H,31,38)(H,32,34)(H,36,37)/b12-10-/t19-,20-,21+,22+,29-/m1/s1. The number of nitrogens with one attached hydrogen (secondary N) is 3. The normalized spacial score (nSPS) is 29.5. The SMILES string of the molecule is CC(C)(C)OC(=O)N[C@@H]1C[C@H]2C(=O)N[C@]3(C(=O)O)C[C@H]3/C=C\CCCCC[C@H](NC(=O)OCC[Si](C)(C)C)C(=O)N2C1. The van der Waals surface area contributed by atoms with Crippen LogP contribution in [0.5, 0.6) is 0 Å². The third kappa shape index (κ3) is 9.46. The van der Waals surface area contributed by atoms with Gasteiger partial charge in [-0.1, -0.05) is 44.6 Å². The number of carboxylic acid groups (broad SMARTS) is 1. The number of alkyl carbamates (subject to hydrolysis) is 2. The lowest BCUT2D eigenvalue weighted by atomic mass is 10.0. The molecule has 0 aromatic heterocycles. The number of hydrogen-bond donors (Lipinski definition) is 4. The Labute approximate surface area is 249 Å². The van der Waals surface area contributed by atoms with Crippen LogP contribution in [0.4, 0.5) is 9.59 Å². The van der Waals surface area contributed by atoms with Crippen molar-refractivity contribution in [1.82, 2.24) is 20.9 Å². The summed E-state index contributed by atoms with van der Waals surface area (Å²) in [6, 6.07) is -1.82. The Bertz CT molecular complexity index is 1070. The van der Waals surface area contributed by atoms with Gasteiger partial charge in [-0.15, -0.1) is 0 Å². The number of nitrogens with zero attached hydrogens (tertiary/aromatic N) is 1. The van der Waals surface area contributed by atoms with Crippen LogP contribution in [0, 0.1) is 5.92 Å². The van der Waals surface area contributed by atoms with E-state index in [-0.39, 0.29) is 31.9 Å². The Balaban J connectivity index is 1.84. The van der Waals surface area contributed by atoms with E-state index in [9.17, 15) is 29.1 Å². The zero-order valence-electron chi connectivity index (χ0n) is 25.8. The number of carbonyl (C=O) groups is 5. The molecule has 1 saturated carbocycles. The Morgan fingerprint density at radius 3 is 2.48 bits per heavy atom. The van der Waals surface area contributed by atoms with Crippen LogP contribution in [0.1, 0.15) is 65.7 Å². The summed E-state index contributed by atoms with van der Waals surface area (Å²) in [5, 5.41) is 18.1. The molecule has 42 heavy (non-hydrogen) atoms. The van der Waals surface area contributed by atoms with Crippen molar-refractivity contribution < 1.29 is 38.6 Å². The molecule has 5 atom stereocenters. The smallest absolute Gasteiger partial charge is 0.407 e. The quantitative estimate of drug-likeness (QED) is 0.263. The van der Waals surface area contributed by atoms with Crippen molar-refractivity contribution in [3.05, 3.63) is 12.2 Å². The molecule has 2 fully saturated rings. The summed E-state index contributed by atoms with van der Waals surface area (Å²) in [6.45, 7) is 12.0. The van der Waals surface area contributed by atoms with Gasteiger partial charge in [-0.25, -0.2) is 14.4 Å². The zero-order valence-corrected chi connectivity index (χ0v) is 26.8. The fourth-order valence-corrected chi connectivity index (χ4v) is 6.03. The molecule has 2 aliphatic heterocycles. The van der Waals surface area contributed by atoms with Crippen LogP contribution < -0.4 is 16.0 Å². The molecule has 3 rings (SSSR count).